The van der Waals surface area contributed by atoms with Gasteiger partial charge in [0.25, 0.3) is 5.91 Å². The summed E-state index contributed by atoms with van der Waals surface area (Å²) < 4.78 is 2.61. The predicted octanol–water partition coefficient (Wildman–Crippen LogP) is 5.28. The van der Waals surface area contributed by atoms with Crippen LogP contribution < -0.4 is 5.32 Å². The van der Waals surface area contributed by atoms with Crippen molar-refractivity contribution in [3.05, 3.63) is 75.7 Å². The summed E-state index contributed by atoms with van der Waals surface area (Å²) in [6, 6.07) is 15.1. The van der Waals surface area contributed by atoms with Gasteiger partial charge in [-0.15, -0.1) is 11.3 Å². The fourth-order valence-electron chi connectivity index (χ4n) is 2.65. The summed E-state index contributed by atoms with van der Waals surface area (Å²) in [6.45, 7) is 2.04. The lowest BCUT2D eigenvalue weighted by molar-refractivity contribution is 0.103. The highest BCUT2D eigenvalue weighted by molar-refractivity contribution is 7.18. The van der Waals surface area contributed by atoms with Crippen LogP contribution in [0.2, 0.25) is 4.34 Å². The van der Waals surface area contributed by atoms with Crippen LogP contribution in [0.5, 0.6) is 0 Å². The Hall–Kier alpha value is -2.63. The Morgan fingerprint density at radius 3 is 2.64 bits per heavy atom. The SMILES string of the molecule is Cc1cccn2cc(-c3ccc(NC(=O)c4ccc(Cl)s4)cc3)nc12. The van der Waals surface area contributed by atoms with Gasteiger partial charge < -0.3 is 9.72 Å². The molecule has 0 radical (unpaired) electrons. The topological polar surface area (TPSA) is 46.4 Å². The van der Waals surface area contributed by atoms with Gasteiger partial charge in [-0.3, -0.25) is 4.79 Å². The summed E-state index contributed by atoms with van der Waals surface area (Å²) in [5.74, 6) is -0.159. The maximum atomic E-state index is 12.2. The maximum Gasteiger partial charge on any atom is 0.265 e. The smallest absolute Gasteiger partial charge is 0.265 e. The van der Waals surface area contributed by atoms with Crippen molar-refractivity contribution in [1.82, 2.24) is 9.38 Å². The first kappa shape index (κ1) is 15.9. The molecule has 0 unspecified atom stereocenters. The standard InChI is InChI=1S/C19H14ClN3OS/c1-12-3-2-10-23-11-15(22-18(12)23)13-4-6-14(7-5-13)21-19(24)16-8-9-17(20)25-16/h2-11H,1H3,(H,21,24). The molecule has 0 aliphatic heterocycles. The molecule has 25 heavy (non-hydrogen) atoms. The Morgan fingerprint density at radius 1 is 1.16 bits per heavy atom. The van der Waals surface area contributed by atoms with E-state index in [1.54, 1.807) is 12.1 Å². The second kappa shape index (κ2) is 6.35. The Kier molecular flexibility index (Phi) is 4.03. The van der Waals surface area contributed by atoms with E-state index >= 15 is 0 Å². The molecule has 124 valence electrons. The van der Waals surface area contributed by atoms with Crippen molar-refractivity contribution in [2.75, 3.05) is 5.32 Å². The van der Waals surface area contributed by atoms with Gasteiger partial charge in [-0.1, -0.05) is 29.8 Å². The molecule has 0 fully saturated rings. The number of anilines is 1. The third-order valence-corrected chi connectivity index (χ3v) is 5.14. The number of carbonyl (C=O) groups is 1. The molecule has 1 aromatic carbocycles. The first-order valence-electron chi connectivity index (χ1n) is 7.71. The number of hydrogen-bond acceptors (Lipinski definition) is 3. The van der Waals surface area contributed by atoms with Crippen LogP contribution in [0.3, 0.4) is 0 Å². The second-order valence-electron chi connectivity index (χ2n) is 5.68. The van der Waals surface area contributed by atoms with Crippen LogP contribution in [-0.2, 0) is 0 Å². The van der Waals surface area contributed by atoms with Crippen LogP contribution in [0, 0.1) is 6.92 Å². The lowest BCUT2D eigenvalue weighted by atomic mass is 10.1. The number of benzene rings is 1. The van der Waals surface area contributed by atoms with Crippen LogP contribution in [0.4, 0.5) is 5.69 Å². The summed E-state index contributed by atoms with van der Waals surface area (Å²) in [5, 5.41) is 2.87. The van der Waals surface area contributed by atoms with E-state index in [1.165, 1.54) is 11.3 Å². The number of thiophene rings is 1. The molecule has 1 N–H and O–H groups in total. The van der Waals surface area contributed by atoms with Gasteiger partial charge in [0.1, 0.15) is 5.65 Å². The Labute approximate surface area is 153 Å². The summed E-state index contributed by atoms with van der Waals surface area (Å²) in [5.41, 5.74) is 4.72. The zero-order valence-electron chi connectivity index (χ0n) is 13.4. The Bertz CT molecular complexity index is 1070. The third kappa shape index (κ3) is 3.16. The van der Waals surface area contributed by atoms with E-state index in [0.29, 0.717) is 9.21 Å². The quantitative estimate of drug-likeness (QED) is 0.535. The molecule has 6 heteroatoms. The van der Waals surface area contributed by atoms with E-state index in [4.69, 9.17) is 11.6 Å². The molecule has 4 aromatic rings. The fourth-order valence-corrected chi connectivity index (χ4v) is 3.58. The number of fused-ring (bicyclic) bond motifs is 1. The number of imidazole rings is 1. The minimum absolute atomic E-state index is 0.159. The molecule has 0 saturated carbocycles. The minimum Gasteiger partial charge on any atom is -0.321 e. The largest absolute Gasteiger partial charge is 0.321 e. The molecule has 0 atom stereocenters. The number of pyridine rings is 1. The van der Waals surface area contributed by atoms with E-state index in [-0.39, 0.29) is 5.91 Å². The van der Waals surface area contributed by atoms with E-state index in [0.717, 1.165) is 28.2 Å². The van der Waals surface area contributed by atoms with Gasteiger partial charge >= 0.3 is 0 Å². The summed E-state index contributed by atoms with van der Waals surface area (Å²) in [4.78, 5) is 17.4. The zero-order chi connectivity index (χ0) is 17.4. The van der Waals surface area contributed by atoms with E-state index in [2.05, 4.69) is 10.3 Å². The third-order valence-electron chi connectivity index (χ3n) is 3.91. The number of aryl methyl sites for hydroxylation is 1. The van der Waals surface area contributed by atoms with Gasteiger partial charge in [0.2, 0.25) is 0 Å². The lowest BCUT2D eigenvalue weighted by Crippen LogP contribution is -2.09. The second-order valence-corrected chi connectivity index (χ2v) is 7.40. The molecular weight excluding hydrogens is 354 g/mol. The molecule has 0 aliphatic rings. The molecule has 3 aromatic heterocycles. The fraction of sp³-hybridized carbons (Fsp3) is 0.0526. The molecule has 4 nitrogen and oxygen atoms in total. The highest BCUT2D eigenvalue weighted by Crippen LogP contribution is 2.24. The summed E-state index contributed by atoms with van der Waals surface area (Å²) >= 11 is 7.13. The number of halogens is 1. The highest BCUT2D eigenvalue weighted by Gasteiger charge is 2.10. The van der Waals surface area contributed by atoms with Crippen LogP contribution in [0.25, 0.3) is 16.9 Å². The molecule has 0 spiro atoms. The van der Waals surface area contributed by atoms with Crippen LogP contribution in [0.1, 0.15) is 15.2 Å². The van der Waals surface area contributed by atoms with Crippen molar-refractivity contribution < 1.29 is 4.79 Å². The van der Waals surface area contributed by atoms with E-state index < -0.39 is 0 Å². The van der Waals surface area contributed by atoms with Crippen molar-refractivity contribution in [2.24, 2.45) is 0 Å². The molecule has 1 amide bonds. The van der Waals surface area contributed by atoms with Crippen molar-refractivity contribution in [3.63, 3.8) is 0 Å². The van der Waals surface area contributed by atoms with Crippen LogP contribution >= 0.6 is 22.9 Å². The van der Waals surface area contributed by atoms with Crippen molar-refractivity contribution >= 4 is 40.2 Å². The summed E-state index contributed by atoms with van der Waals surface area (Å²) in [7, 11) is 0. The maximum absolute atomic E-state index is 12.2. The zero-order valence-corrected chi connectivity index (χ0v) is 14.9. The van der Waals surface area contributed by atoms with Crippen molar-refractivity contribution in [3.8, 4) is 11.3 Å². The van der Waals surface area contributed by atoms with Crippen LogP contribution in [-0.4, -0.2) is 15.3 Å². The van der Waals surface area contributed by atoms with Gasteiger partial charge in [0, 0.05) is 23.6 Å². The first-order chi connectivity index (χ1) is 12.1. The number of carbonyl (C=O) groups excluding carboxylic acids is 1. The number of hydrogen-bond donors (Lipinski definition) is 1. The molecule has 4 rings (SSSR count). The number of nitrogens with zero attached hydrogens (tertiary/aromatic N) is 2. The van der Waals surface area contributed by atoms with Gasteiger partial charge in [-0.25, -0.2) is 4.98 Å². The number of amides is 1. The number of rotatable bonds is 3. The predicted molar refractivity (Wildman–Crippen MR) is 103 cm³/mol. The number of aromatic nitrogens is 2. The van der Waals surface area contributed by atoms with Gasteiger partial charge in [-0.2, -0.15) is 0 Å². The van der Waals surface area contributed by atoms with Crippen molar-refractivity contribution in [2.45, 2.75) is 6.92 Å². The monoisotopic (exact) mass is 367 g/mol. The van der Waals surface area contributed by atoms with Crippen LogP contribution in [0.15, 0.2) is 60.9 Å². The molecule has 0 aliphatic carbocycles. The van der Waals surface area contributed by atoms with Gasteiger partial charge in [0.05, 0.1) is 14.9 Å². The first-order valence-corrected chi connectivity index (χ1v) is 8.91. The van der Waals surface area contributed by atoms with Gasteiger partial charge in [-0.05, 0) is 42.8 Å². The average Bonchev–Trinajstić information content (AvgIpc) is 3.23. The molecule has 3 heterocycles. The van der Waals surface area contributed by atoms with Gasteiger partial charge in [0.15, 0.2) is 0 Å². The minimum atomic E-state index is -0.159. The normalized spacial score (nSPS) is 11.0. The van der Waals surface area contributed by atoms with E-state index in [9.17, 15) is 4.79 Å². The summed E-state index contributed by atoms with van der Waals surface area (Å²) in [6.07, 6.45) is 3.99. The molecule has 0 saturated heterocycles. The molecule has 0 bridgehead atoms. The van der Waals surface area contributed by atoms with Crippen molar-refractivity contribution in [1.29, 1.82) is 0 Å². The highest BCUT2D eigenvalue weighted by atomic mass is 35.5. The number of nitrogens with one attached hydrogen (secondary N) is 1. The average molecular weight is 368 g/mol. The molecular formula is C19H14ClN3OS. The Balaban J connectivity index is 1.57. The Morgan fingerprint density at radius 2 is 1.96 bits per heavy atom. The van der Waals surface area contributed by atoms with E-state index in [1.807, 2.05) is 60.1 Å². The lowest BCUT2D eigenvalue weighted by Gasteiger charge is -2.04.